The van der Waals surface area contributed by atoms with Crippen LogP contribution in [0.4, 0.5) is 5.69 Å². The van der Waals surface area contributed by atoms with E-state index >= 15 is 0 Å². The maximum Gasteiger partial charge on any atom is 0.295 e. The average molecular weight is 319 g/mol. The van der Waals surface area contributed by atoms with Gasteiger partial charge in [0.1, 0.15) is 4.90 Å². The molecule has 0 aliphatic heterocycles. The molecule has 0 unspecified atom stereocenters. The fourth-order valence-electron chi connectivity index (χ4n) is 1.78. The van der Waals surface area contributed by atoms with Gasteiger partial charge in [0.15, 0.2) is 0 Å². The first-order valence-electron chi connectivity index (χ1n) is 5.06. The highest BCUT2D eigenvalue weighted by molar-refractivity contribution is 7.86. The van der Waals surface area contributed by atoms with Crippen LogP contribution >= 0.6 is 0 Å². The van der Waals surface area contributed by atoms with Crippen LogP contribution < -0.4 is 5.48 Å². The summed E-state index contributed by atoms with van der Waals surface area (Å²) < 4.78 is 62.8. The standard InChI is InChI=1S/C10H9NO7S2/c12-11-9-3-4-10(20(16,17)18)8-5-6(19(13,14)15)1-2-7(8)9/h1-5,11-12H,(H,13,14,15)(H,16,17,18). The normalized spacial score (nSPS) is 12.6. The Hall–Kier alpha value is -1.72. The number of hydrogen-bond donors (Lipinski definition) is 4. The van der Waals surface area contributed by atoms with Gasteiger partial charge < -0.3 is 0 Å². The second-order valence-corrected chi connectivity index (χ2v) is 6.69. The SMILES string of the molecule is O=S(=O)(O)c1ccc2c(NO)ccc(S(=O)(=O)O)c2c1. The van der Waals surface area contributed by atoms with E-state index in [0.29, 0.717) is 0 Å². The second kappa shape index (κ2) is 4.68. The highest BCUT2D eigenvalue weighted by atomic mass is 32.2. The van der Waals surface area contributed by atoms with Gasteiger partial charge in [-0.15, -0.1) is 0 Å². The smallest absolute Gasteiger partial charge is 0.291 e. The molecule has 0 heterocycles. The largest absolute Gasteiger partial charge is 0.295 e. The van der Waals surface area contributed by atoms with Crippen molar-refractivity contribution in [2.24, 2.45) is 0 Å². The van der Waals surface area contributed by atoms with Crippen LogP contribution in [0.3, 0.4) is 0 Å². The van der Waals surface area contributed by atoms with Crippen LogP contribution in [0.15, 0.2) is 40.1 Å². The van der Waals surface area contributed by atoms with Gasteiger partial charge in [0, 0.05) is 10.8 Å². The lowest BCUT2D eigenvalue weighted by Crippen LogP contribution is -2.03. The zero-order chi connectivity index (χ0) is 15.1. The van der Waals surface area contributed by atoms with Crippen molar-refractivity contribution >= 4 is 36.7 Å². The summed E-state index contributed by atoms with van der Waals surface area (Å²) in [6, 6.07) is 5.29. The predicted octanol–water partition coefficient (Wildman–Crippen LogP) is 1.13. The highest BCUT2D eigenvalue weighted by Crippen LogP contribution is 2.31. The molecule has 20 heavy (non-hydrogen) atoms. The van der Waals surface area contributed by atoms with Crippen LogP contribution in [-0.4, -0.2) is 31.1 Å². The Morgan fingerprint density at radius 1 is 0.850 bits per heavy atom. The van der Waals surface area contributed by atoms with Crippen LogP contribution in [0.25, 0.3) is 10.8 Å². The fraction of sp³-hybridized carbons (Fsp3) is 0. The van der Waals surface area contributed by atoms with E-state index in [-0.39, 0.29) is 16.5 Å². The highest BCUT2D eigenvalue weighted by Gasteiger charge is 2.18. The molecule has 0 aliphatic carbocycles. The summed E-state index contributed by atoms with van der Waals surface area (Å²) in [5, 5.41) is 8.91. The summed E-state index contributed by atoms with van der Waals surface area (Å²) in [5.41, 5.74) is 1.92. The minimum atomic E-state index is -4.60. The van der Waals surface area contributed by atoms with E-state index in [1.54, 1.807) is 0 Å². The van der Waals surface area contributed by atoms with Crippen molar-refractivity contribution in [3.8, 4) is 0 Å². The Bertz CT molecular complexity index is 887. The summed E-state index contributed by atoms with van der Waals surface area (Å²) in [4.78, 5) is -1.08. The van der Waals surface area contributed by atoms with Crippen molar-refractivity contribution in [3.05, 3.63) is 30.3 Å². The molecule has 0 saturated carbocycles. The molecule has 2 aromatic rings. The molecule has 0 aliphatic rings. The lowest BCUT2D eigenvalue weighted by Gasteiger charge is -2.09. The monoisotopic (exact) mass is 319 g/mol. The van der Waals surface area contributed by atoms with Crippen molar-refractivity contribution in [1.29, 1.82) is 0 Å². The van der Waals surface area contributed by atoms with E-state index in [9.17, 15) is 16.8 Å². The molecule has 0 saturated heterocycles. The van der Waals surface area contributed by atoms with Crippen molar-refractivity contribution < 1.29 is 31.1 Å². The van der Waals surface area contributed by atoms with E-state index in [4.69, 9.17) is 14.3 Å². The summed E-state index contributed by atoms with van der Waals surface area (Å²) >= 11 is 0. The number of hydrogen-bond acceptors (Lipinski definition) is 6. The first kappa shape index (κ1) is 14.7. The van der Waals surface area contributed by atoms with Crippen molar-refractivity contribution in [2.75, 3.05) is 5.48 Å². The number of fused-ring (bicyclic) bond motifs is 1. The maximum atomic E-state index is 11.3. The molecule has 0 spiro atoms. The molecule has 10 heteroatoms. The zero-order valence-corrected chi connectivity index (χ0v) is 11.3. The van der Waals surface area contributed by atoms with Gasteiger partial charge in [-0.1, -0.05) is 6.07 Å². The van der Waals surface area contributed by atoms with E-state index < -0.39 is 30.0 Å². The van der Waals surface area contributed by atoms with Crippen LogP contribution in [0.1, 0.15) is 0 Å². The first-order chi connectivity index (χ1) is 9.14. The lowest BCUT2D eigenvalue weighted by molar-refractivity contribution is 0.389. The Kier molecular flexibility index (Phi) is 3.44. The van der Waals surface area contributed by atoms with Gasteiger partial charge in [0.05, 0.1) is 10.6 Å². The predicted molar refractivity (Wildman–Crippen MR) is 69.0 cm³/mol. The summed E-state index contributed by atoms with van der Waals surface area (Å²) in [6.45, 7) is 0. The molecule has 2 aromatic carbocycles. The lowest BCUT2D eigenvalue weighted by atomic mass is 10.1. The minimum Gasteiger partial charge on any atom is -0.291 e. The van der Waals surface area contributed by atoms with Gasteiger partial charge in [-0.2, -0.15) is 16.8 Å². The zero-order valence-electron chi connectivity index (χ0n) is 9.68. The Labute approximate surface area is 114 Å². The molecule has 2 rings (SSSR count). The van der Waals surface area contributed by atoms with Gasteiger partial charge in [-0.25, -0.2) is 0 Å². The summed E-state index contributed by atoms with van der Waals surface area (Å²) in [5.74, 6) is 0. The average Bonchev–Trinajstić information content (AvgIpc) is 2.34. The Morgan fingerprint density at radius 3 is 2.00 bits per heavy atom. The molecular weight excluding hydrogens is 310 g/mol. The van der Waals surface area contributed by atoms with Crippen molar-refractivity contribution in [3.63, 3.8) is 0 Å². The molecular formula is C10H9NO7S2. The molecule has 0 atom stereocenters. The van der Waals surface area contributed by atoms with Crippen LogP contribution in [0.2, 0.25) is 0 Å². The van der Waals surface area contributed by atoms with E-state index in [1.807, 2.05) is 5.48 Å². The third kappa shape index (κ3) is 2.59. The number of nitrogens with one attached hydrogen (secondary N) is 1. The quantitative estimate of drug-likeness (QED) is 0.487. The first-order valence-corrected chi connectivity index (χ1v) is 7.94. The van der Waals surface area contributed by atoms with E-state index in [0.717, 1.165) is 18.2 Å². The minimum absolute atomic E-state index is 0.106. The van der Waals surface area contributed by atoms with Gasteiger partial charge in [0.2, 0.25) is 0 Å². The fourth-order valence-corrected chi connectivity index (χ4v) is 2.98. The molecule has 4 N–H and O–H groups in total. The molecule has 8 nitrogen and oxygen atoms in total. The maximum absolute atomic E-state index is 11.3. The van der Waals surface area contributed by atoms with E-state index in [1.165, 1.54) is 12.1 Å². The summed E-state index contributed by atoms with van der Waals surface area (Å²) in [6.07, 6.45) is 0. The summed E-state index contributed by atoms with van der Waals surface area (Å²) in [7, 11) is -9.14. The molecule has 0 amide bonds. The van der Waals surface area contributed by atoms with Crippen molar-refractivity contribution in [2.45, 2.75) is 9.79 Å². The van der Waals surface area contributed by atoms with Crippen LogP contribution in [-0.2, 0) is 20.2 Å². The molecule has 0 bridgehead atoms. The molecule has 108 valence electrons. The Morgan fingerprint density at radius 2 is 1.50 bits per heavy atom. The Balaban J connectivity index is 2.97. The van der Waals surface area contributed by atoms with Crippen LogP contribution in [0.5, 0.6) is 0 Å². The number of benzene rings is 2. The third-order valence-corrected chi connectivity index (χ3v) is 4.41. The van der Waals surface area contributed by atoms with Gasteiger partial charge in [-0.3, -0.25) is 19.8 Å². The molecule has 0 fully saturated rings. The second-order valence-electron chi connectivity index (χ2n) is 3.88. The van der Waals surface area contributed by atoms with Gasteiger partial charge in [-0.05, 0) is 24.3 Å². The third-order valence-electron chi connectivity index (χ3n) is 2.64. The molecule has 0 aromatic heterocycles. The van der Waals surface area contributed by atoms with E-state index in [2.05, 4.69) is 0 Å². The topological polar surface area (TPSA) is 141 Å². The number of rotatable bonds is 3. The van der Waals surface area contributed by atoms with Crippen LogP contribution in [0, 0.1) is 0 Å². The van der Waals surface area contributed by atoms with Crippen molar-refractivity contribution in [1.82, 2.24) is 0 Å². The molecule has 0 radical (unpaired) electrons. The number of anilines is 1. The van der Waals surface area contributed by atoms with Gasteiger partial charge >= 0.3 is 0 Å². The van der Waals surface area contributed by atoms with Gasteiger partial charge in [0.25, 0.3) is 20.2 Å².